The molecule has 11 heavy (non-hydrogen) atoms. The van der Waals surface area contributed by atoms with Crippen molar-refractivity contribution in [3.05, 3.63) is 0 Å². The van der Waals surface area contributed by atoms with E-state index in [1.54, 1.807) is 0 Å². The average Bonchev–Trinajstić information content (AvgIpc) is 1.84. The van der Waals surface area contributed by atoms with Gasteiger partial charge in [-0.25, -0.2) is 4.21 Å². The quantitative estimate of drug-likeness (QED) is 0.414. The summed E-state index contributed by atoms with van der Waals surface area (Å²) >= 11 is -2.26. The van der Waals surface area contributed by atoms with Gasteiger partial charge in [-0.15, -0.1) is 0 Å². The third-order valence-electron chi connectivity index (χ3n) is 0.696. The van der Waals surface area contributed by atoms with Crippen molar-refractivity contribution in [2.45, 2.75) is 0 Å². The molecule has 3 N–H and O–H groups in total. The summed E-state index contributed by atoms with van der Waals surface area (Å²) < 4.78 is 43.3. The van der Waals surface area contributed by atoms with Crippen LogP contribution in [-0.4, -0.2) is 35.4 Å². The van der Waals surface area contributed by atoms with Crippen molar-refractivity contribution in [3.8, 4) is 0 Å². The van der Waals surface area contributed by atoms with E-state index in [1.165, 1.54) is 0 Å². The Balaban J connectivity index is 3.84. The fourth-order valence-electron chi connectivity index (χ4n) is 0.318. The molecule has 0 fully saturated rings. The van der Waals surface area contributed by atoms with E-state index in [-0.39, 0.29) is 12.3 Å². The fourth-order valence-corrected chi connectivity index (χ4v) is 1.64. The minimum atomic E-state index is -3.70. The van der Waals surface area contributed by atoms with Gasteiger partial charge in [-0.2, -0.15) is 8.42 Å². The van der Waals surface area contributed by atoms with Crippen LogP contribution in [0.5, 0.6) is 0 Å². The van der Waals surface area contributed by atoms with Crippen molar-refractivity contribution in [1.29, 1.82) is 0 Å². The van der Waals surface area contributed by atoms with E-state index in [9.17, 15) is 12.6 Å². The van der Waals surface area contributed by atoms with Gasteiger partial charge in [0.2, 0.25) is 0 Å². The van der Waals surface area contributed by atoms with E-state index >= 15 is 0 Å². The summed E-state index contributed by atoms with van der Waals surface area (Å²) in [6, 6.07) is 0. The molecule has 0 amide bonds. The highest BCUT2D eigenvalue weighted by Gasteiger charge is 2.10. The smallest absolute Gasteiger partial charge is 0.269 e. The normalized spacial score (nSPS) is 14.7. The summed E-state index contributed by atoms with van der Waals surface area (Å²) in [4.78, 5) is 0. The molecule has 0 bridgehead atoms. The van der Waals surface area contributed by atoms with Crippen LogP contribution in [0.15, 0.2) is 0 Å². The topological polar surface area (TPSA) is 107 Å². The minimum absolute atomic E-state index is 0.0691. The van der Waals surface area contributed by atoms with Crippen molar-refractivity contribution in [3.63, 3.8) is 0 Å². The summed E-state index contributed by atoms with van der Waals surface area (Å²) in [5.74, 6) is -1.08. The maximum absolute atomic E-state index is 10.6. The largest absolute Gasteiger partial charge is 0.329 e. The van der Waals surface area contributed by atoms with Gasteiger partial charge < -0.3 is 10.3 Å². The maximum Gasteiger partial charge on any atom is 0.269 e. The molecule has 0 spiro atoms. The summed E-state index contributed by atoms with van der Waals surface area (Å²) in [6.07, 6.45) is 0. The Morgan fingerprint density at radius 2 is 2.09 bits per heavy atom. The third-order valence-corrected chi connectivity index (χ3v) is 2.38. The van der Waals surface area contributed by atoms with E-state index in [1.807, 2.05) is 0 Å². The number of hydrogen-bond donors (Lipinski definition) is 2. The number of rotatable bonds is 5. The van der Waals surface area contributed by atoms with E-state index < -0.39 is 27.1 Å². The highest BCUT2D eigenvalue weighted by atomic mass is 32.2. The van der Waals surface area contributed by atoms with Gasteiger partial charge >= 0.3 is 0 Å². The van der Waals surface area contributed by atoms with Crippen LogP contribution in [0.1, 0.15) is 0 Å². The van der Waals surface area contributed by atoms with Gasteiger partial charge in [0.1, 0.15) is 0 Å². The van der Waals surface area contributed by atoms with Gasteiger partial charge in [-0.05, 0) is 0 Å². The van der Waals surface area contributed by atoms with Crippen LogP contribution in [0, 0.1) is 0 Å². The Bertz CT molecular complexity index is 222. The molecule has 0 aromatic carbocycles. The molecule has 1 atom stereocenters. The molecule has 8 heteroatoms. The Morgan fingerprint density at radius 3 is 2.45 bits per heavy atom. The minimum Gasteiger partial charge on any atom is -0.329 e. The number of hydrogen-bond acceptors (Lipinski definition) is 5. The van der Waals surface area contributed by atoms with Gasteiger partial charge in [-0.1, -0.05) is 0 Å². The van der Waals surface area contributed by atoms with Gasteiger partial charge in [0.15, 0.2) is 17.0 Å². The monoisotopic (exact) mass is 203 g/mol. The Labute approximate surface area is 67.1 Å². The lowest BCUT2D eigenvalue weighted by Crippen LogP contribution is -2.19. The highest BCUT2D eigenvalue weighted by molar-refractivity contribution is 7.87. The molecule has 0 radical (unpaired) electrons. The zero-order valence-electron chi connectivity index (χ0n) is 5.60. The lowest BCUT2D eigenvalue weighted by Gasteiger charge is -1.99. The van der Waals surface area contributed by atoms with Crippen LogP contribution in [0.25, 0.3) is 0 Å². The average molecular weight is 203 g/mol. The fraction of sp³-hybridized carbons (Fsp3) is 1.00. The van der Waals surface area contributed by atoms with Crippen molar-refractivity contribution < 1.29 is 21.4 Å². The van der Waals surface area contributed by atoms with Crippen LogP contribution in [0.3, 0.4) is 0 Å². The molecule has 0 aliphatic heterocycles. The van der Waals surface area contributed by atoms with E-state index in [0.717, 1.165) is 0 Å². The van der Waals surface area contributed by atoms with Crippen molar-refractivity contribution >= 4 is 21.2 Å². The Kier molecular flexibility index (Phi) is 4.77. The van der Waals surface area contributed by atoms with Crippen LogP contribution < -0.4 is 5.73 Å². The first-order valence-corrected chi connectivity index (χ1v) is 5.48. The summed E-state index contributed by atoms with van der Waals surface area (Å²) in [5.41, 5.74) is 4.92. The molecule has 0 heterocycles. The second-order valence-corrected chi connectivity index (χ2v) is 4.25. The van der Waals surface area contributed by atoms with Crippen LogP contribution >= 0.6 is 0 Å². The molecule has 0 rings (SSSR count). The first kappa shape index (κ1) is 11.0. The van der Waals surface area contributed by atoms with Crippen LogP contribution in [0.2, 0.25) is 0 Å². The molecule has 1 unspecified atom stereocenters. The molecule has 68 valence electrons. The van der Waals surface area contributed by atoms with E-state index in [2.05, 4.69) is 4.18 Å². The highest BCUT2D eigenvalue weighted by Crippen LogP contribution is 1.92. The maximum atomic E-state index is 10.6. The Morgan fingerprint density at radius 1 is 1.55 bits per heavy atom. The van der Waals surface area contributed by atoms with Gasteiger partial charge in [0, 0.05) is 6.54 Å². The second kappa shape index (κ2) is 4.78. The van der Waals surface area contributed by atoms with Crippen LogP contribution in [0.4, 0.5) is 0 Å². The van der Waals surface area contributed by atoms with Crippen molar-refractivity contribution in [2.75, 3.05) is 18.2 Å². The first-order chi connectivity index (χ1) is 4.98. The summed E-state index contributed by atoms with van der Waals surface area (Å²) in [7, 11) is -3.70. The lowest BCUT2D eigenvalue weighted by molar-refractivity contribution is 0.365. The zero-order chi connectivity index (χ0) is 8.91. The summed E-state index contributed by atoms with van der Waals surface area (Å²) in [5, 5.41) is 0. The predicted octanol–water partition coefficient (Wildman–Crippen LogP) is -1.53. The standard InChI is InChI=1S/C3H9NO5S2/c4-1-2-11(7,8)9-3-10(5)6/h1-4H2,(H,5,6). The molecule has 0 saturated carbocycles. The van der Waals surface area contributed by atoms with Gasteiger partial charge in [0.25, 0.3) is 10.1 Å². The molecule has 0 aromatic rings. The van der Waals surface area contributed by atoms with E-state index in [4.69, 9.17) is 10.3 Å². The zero-order valence-corrected chi connectivity index (χ0v) is 7.23. The van der Waals surface area contributed by atoms with Crippen LogP contribution in [-0.2, 0) is 25.4 Å². The van der Waals surface area contributed by atoms with Crippen molar-refractivity contribution in [1.82, 2.24) is 0 Å². The predicted molar refractivity (Wildman–Crippen MR) is 39.6 cm³/mol. The van der Waals surface area contributed by atoms with Gasteiger partial charge in [-0.3, -0.25) is 4.18 Å². The SMILES string of the molecule is NCCS(=O)(=O)OCS(=O)O. The third kappa shape index (κ3) is 6.38. The molecular weight excluding hydrogens is 194 g/mol. The van der Waals surface area contributed by atoms with E-state index in [0.29, 0.717) is 0 Å². The molecular formula is C3H9NO5S2. The second-order valence-electron chi connectivity index (χ2n) is 1.61. The Hall–Kier alpha value is -0.0200. The summed E-state index contributed by atoms with van der Waals surface area (Å²) in [6.45, 7) is -0.0691. The molecule has 0 saturated heterocycles. The molecule has 0 aromatic heterocycles. The lowest BCUT2D eigenvalue weighted by atomic mass is 10.8. The molecule has 0 aliphatic carbocycles. The van der Waals surface area contributed by atoms with Gasteiger partial charge in [0.05, 0.1) is 5.75 Å². The molecule has 6 nitrogen and oxygen atoms in total. The van der Waals surface area contributed by atoms with Crippen molar-refractivity contribution in [2.24, 2.45) is 5.73 Å². The number of nitrogens with two attached hydrogens (primary N) is 1. The first-order valence-electron chi connectivity index (χ1n) is 2.62. The molecule has 0 aliphatic rings.